The fourth-order valence-corrected chi connectivity index (χ4v) is 3.05. The number of aliphatic hydroxyl groups excluding tert-OH is 1. The summed E-state index contributed by atoms with van der Waals surface area (Å²) in [4.78, 5) is 1.25. The van der Waals surface area contributed by atoms with Gasteiger partial charge in [0.1, 0.15) is 0 Å². The van der Waals surface area contributed by atoms with Crippen molar-refractivity contribution in [2.45, 2.75) is 31.3 Å². The number of thiophene rings is 1. The van der Waals surface area contributed by atoms with Gasteiger partial charge in [-0.1, -0.05) is 30.3 Å². The zero-order valence-corrected chi connectivity index (χ0v) is 10.5. The molecule has 1 atom stereocenters. The van der Waals surface area contributed by atoms with Crippen molar-refractivity contribution in [2.24, 2.45) is 0 Å². The van der Waals surface area contributed by atoms with Crippen molar-refractivity contribution in [2.75, 3.05) is 0 Å². The van der Waals surface area contributed by atoms with Gasteiger partial charge in [-0.3, -0.25) is 0 Å². The average Bonchev–Trinajstić information content (AvgIpc) is 3.08. The number of rotatable bonds is 4. The van der Waals surface area contributed by atoms with Crippen molar-refractivity contribution in [3.8, 4) is 0 Å². The summed E-state index contributed by atoms with van der Waals surface area (Å²) in [5.74, 6) is 0.698. The predicted octanol–water partition coefficient (Wildman–Crippen LogP) is 3.90. The molecule has 1 heterocycles. The smallest absolute Gasteiger partial charge is 0.0841 e. The van der Waals surface area contributed by atoms with E-state index in [9.17, 15) is 5.11 Å². The van der Waals surface area contributed by atoms with Crippen molar-refractivity contribution in [3.05, 3.63) is 57.8 Å². The molecule has 1 fully saturated rings. The van der Waals surface area contributed by atoms with Gasteiger partial charge in [-0.25, -0.2) is 0 Å². The first-order chi connectivity index (χ1) is 8.34. The summed E-state index contributed by atoms with van der Waals surface area (Å²) < 4.78 is 0. The third kappa shape index (κ3) is 2.43. The molecule has 0 aliphatic heterocycles. The lowest BCUT2D eigenvalue weighted by molar-refractivity contribution is 0.178. The van der Waals surface area contributed by atoms with Crippen LogP contribution in [0.5, 0.6) is 0 Å². The molecule has 0 saturated heterocycles. The maximum absolute atomic E-state index is 10.4. The number of aliphatic hydroxyl groups is 1. The summed E-state index contributed by atoms with van der Waals surface area (Å²) in [5.41, 5.74) is 2.49. The topological polar surface area (TPSA) is 20.2 Å². The van der Waals surface area contributed by atoms with Gasteiger partial charge in [-0.05, 0) is 41.3 Å². The number of benzene rings is 1. The van der Waals surface area contributed by atoms with Gasteiger partial charge in [-0.2, -0.15) is 0 Å². The Labute approximate surface area is 106 Å². The van der Waals surface area contributed by atoms with Crippen LogP contribution in [0.25, 0.3) is 0 Å². The van der Waals surface area contributed by atoms with Gasteiger partial charge in [0, 0.05) is 11.3 Å². The van der Waals surface area contributed by atoms with Gasteiger partial charge in [-0.15, -0.1) is 11.3 Å². The minimum atomic E-state index is -0.356. The molecule has 1 aliphatic carbocycles. The Bertz CT molecular complexity index is 485. The zero-order chi connectivity index (χ0) is 11.7. The minimum Gasteiger partial charge on any atom is -0.388 e. The van der Waals surface area contributed by atoms with Gasteiger partial charge in [0.15, 0.2) is 0 Å². The van der Waals surface area contributed by atoms with Gasteiger partial charge in [0.25, 0.3) is 0 Å². The van der Waals surface area contributed by atoms with E-state index >= 15 is 0 Å². The largest absolute Gasteiger partial charge is 0.388 e. The summed E-state index contributed by atoms with van der Waals surface area (Å²) in [6.07, 6.45) is 2.94. The minimum absolute atomic E-state index is 0.356. The third-order valence-corrected chi connectivity index (χ3v) is 4.25. The Balaban J connectivity index is 1.83. The zero-order valence-electron chi connectivity index (χ0n) is 9.67. The van der Waals surface area contributed by atoms with E-state index < -0.39 is 0 Å². The predicted molar refractivity (Wildman–Crippen MR) is 71.4 cm³/mol. The Morgan fingerprint density at radius 3 is 2.71 bits per heavy atom. The van der Waals surface area contributed by atoms with Crippen LogP contribution in [0.2, 0.25) is 0 Å². The molecule has 1 saturated carbocycles. The summed E-state index contributed by atoms with van der Waals surface area (Å²) in [7, 11) is 0. The second-order valence-electron chi connectivity index (χ2n) is 4.70. The molecular formula is C15H16OS. The normalized spacial score (nSPS) is 17.0. The maximum atomic E-state index is 10.4. The van der Waals surface area contributed by atoms with E-state index in [0.29, 0.717) is 5.92 Å². The highest BCUT2D eigenvalue weighted by molar-refractivity contribution is 7.09. The fraction of sp³-hybridized carbons (Fsp3) is 0.333. The molecule has 1 nitrogen and oxygen atoms in total. The van der Waals surface area contributed by atoms with Gasteiger partial charge >= 0.3 is 0 Å². The Morgan fingerprint density at radius 1 is 1.18 bits per heavy atom. The molecule has 1 N–H and O–H groups in total. The van der Waals surface area contributed by atoms with Crippen LogP contribution in [0.4, 0.5) is 0 Å². The van der Waals surface area contributed by atoms with E-state index in [2.05, 4.69) is 29.6 Å². The van der Waals surface area contributed by atoms with Crippen LogP contribution in [0.3, 0.4) is 0 Å². The Kier molecular flexibility index (Phi) is 3.00. The molecule has 88 valence electrons. The lowest BCUT2D eigenvalue weighted by Crippen LogP contribution is -2.03. The Hall–Kier alpha value is -1.12. The van der Waals surface area contributed by atoms with Gasteiger partial charge in [0.2, 0.25) is 0 Å². The van der Waals surface area contributed by atoms with Crippen LogP contribution in [-0.4, -0.2) is 5.11 Å². The van der Waals surface area contributed by atoms with Crippen molar-refractivity contribution >= 4 is 11.3 Å². The lowest BCUT2D eigenvalue weighted by atomic mass is 9.97. The molecule has 17 heavy (non-hydrogen) atoms. The fourth-order valence-electron chi connectivity index (χ4n) is 2.31. The molecule has 2 heteroatoms. The van der Waals surface area contributed by atoms with E-state index in [1.54, 1.807) is 11.3 Å². The molecule has 0 bridgehead atoms. The molecule has 2 aromatic rings. The van der Waals surface area contributed by atoms with Crippen LogP contribution >= 0.6 is 11.3 Å². The van der Waals surface area contributed by atoms with E-state index in [-0.39, 0.29) is 6.10 Å². The highest BCUT2D eigenvalue weighted by atomic mass is 32.1. The SMILES string of the molecule is OC(Cc1cccs1)c1ccccc1C1CC1. The van der Waals surface area contributed by atoms with Crippen molar-refractivity contribution in [1.82, 2.24) is 0 Å². The lowest BCUT2D eigenvalue weighted by Gasteiger charge is -2.14. The van der Waals surface area contributed by atoms with Crippen molar-refractivity contribution in [3.63, 3.8) is 0 Å². The first kappa shape index (κ1) is 11.0. The monoisotopic (exact) mass is 244 g/mol. The molecule has 1 unspecified atom stereocenters. The third-order valence-electron chi connectivity index (χ3n) is 3.35. The van der Waals surface area contributed by atoms with Crippen molar-refractivity contribution in [1.29, 1.82) is 0 Å². The number of hydrogen-bond donors (Lipinski definition) is 1. The van der Waals surface area contributed by atoms with Crippen LogP contribution in [0, 0.1) is 0 Å². The van der Waals surface area contributed by atoms with Crippen LogP contribution in [0.1, 0.15) is 40.9 Å². The summed E-state index contributed by atoms with van der Waals surface area (Å²) >= 11 is 1.72. The molecule has 0 spiro atoms. The molecular weight excluding hydrogens is 228 g/mol. The molecule has 3 rings (SSSR count). The van der Waals surface area contributed by atoms with E-state index in [1.807, 2.05) is 12.1 Å². The summed E-state index contributed by atoms with van der Waals surface area (Å²) in [6, 6.07) is 12.5. The van der Waals surface area contributed by atoms with E-state index in [1.165, 1.54) is 23.3 Å². The second-order valence-corrected chi connectivity index (χ2v) is 5.73. The highest BCUT2D eigenvalue weighted by Crippen LogP contribution is 2.43. The molecule has 1 aromatic carbocycles. The van der Waals surface area contributed by atoms with Crippen LogP contribution in [-0.2, 0) is 6.42 Å². The first-order valence-corrected chi connectivity index (χ1v) is 7.02. The quantitative estimate of drug-likeness (QED) is 0.864. The standard InChI is InChI=1S/C15H16OS/c16-15(10-12-4-3-9-17-12)14-6-2-1-5-13(14)11-7-8-11/h1-6,9,11,15-16H,7-8,10H2. The highest BCUT2D eigenvalue weighted by Gasteiger charge is 2.27. The second kappa shape index (κ2) is 4.63. The summed E-state index contributed by atoms with van der Waals surface area (Å²) in [5, 5.41) is 12.4. The molecule has 0 amide bonds. The van der Waals surface area contributed by atoms with Crippen LogP contribution < -0.4 is 0 Å². The van der Waals surface area contributed by atoms with Gasteiger partial charge in [0.05, 0.1) is 6.10 Å². The Morgan fingerprint density at radius 2 is 2.00 bits per heavy atom. The molecule has 1 aliphatic rings. The molecule has 0 radical (unpaired) electrons. The maximum Gasteiger partial charge on any atom is 0.0841 e. The number of hydrogen-bond acceptors (Lipinski definition) is 2. The summed E-state index contributed by atoms with van der Waals surface area (Å²) in [6.45, 7) is 0. The average molecular weight is 244 g/mol. The van der Waals surface area contributed by atoms with Crippen molar-refractivity contribution < 1.29 is 5.11 Å². The van der Waals surface area contributed by atoms with E-state index in [0.717, 1.165) is 12.0 Å². The van der Waals surface area contributed by atoms with E-state index in [4.69, 9.17) is 0 Å². The van der Waals surface area contributed by atoms with Crippen LogP contribution in [0.15, 0.2) is 41.8 Å². The molecule has 1 aromatic heterocycles. The van der Waals surface area contributed by atoms with Gasteiger partial charge < -0.3 is 5.11 Å². The first-order valence-electron chi connectivity index (χ1n) is 6.14.